The summed E-state index contributed by atoms with van der Waals surface area (Å²) in [5.74, 6) is 0.0372. The first-order valence-corrected chi connectivity index (χ1v) is 6.15. The molecule has 1 unspecified atom stereocenters. The highest BCUT2D eigenvalue weighted by Crippen LogP contribution is 2.31. The van der Waals surface area contributed by atoms with Gasteiger partial charge in [-0.25, -0.2) is 0 Å². The molecule has 0 radical (unpaired) electrons. The zero-order valence-corrected chi connectivity index (χ0v) is 10.3. The molecule has 1 heterocycles. The number of carbonyl (C=O) groups excluding carboxylic acids is 1. The molecule has 0 saturated heterocycles. The van der Waals surface area contributed by atoms with Gasteiger partial charge in [0.25, 0.3) is 0 Å². The maximum atomic E-state index is 11.6. The van der Waals surface area contributed by atoms with Crippen LogP contribution in [0.5, 0.6) is 0 Å². The Kier molecular flexibility index (Phi) is 3.34. The standard InChI is InChI=1S/C13H15NOS/c1-10-8-11(13(15)16-10)9-14(2)12-6-4-3-5-7-12/h3-8,11H,9H2,1-2H3. The lowest BCUT2D eigenvalue weighted by Crippen LogP contribution is -2.26. The third-order valence-corrected chi connectivity index (χ3v) is 3.63. The number of allylic oxidation sites excluding steroid dienone is 1. The molecule has 1 aliphatic heterocycles. The lowest BCUT2D eigenvalue weighted by Gasteiger charge is -2.21. The number of carbonyl (C=O) groups is 1. The van der Waals surface area contributed by atoms with E-state index in [4.69, 9.17) is 0 Å². The fraction of sp³-hybridized carbons (Fsp3) is 0.308. The number of hydrogen-bond donors (Lipinski definition) is 0. The van der Waals surface area contributed by atoms with Crippen LogP contribution in [0, 0.1) is 5.92 Å². The molecule has 0 saturated carbocycles. The van der Waals surface area contributed by atoms with Crippen LogP contribution >= 0.6 is 11.8 Å². The van der Waals surface area contributed by atoms with Crippen molar-refractivity contribution in [2.24, 2.45) is 5.92 Å². The van der Waals surface area contributed by atoms with Crippen molar-refractivity contribution >= 4 is 22.6 Å². The minimum absolute atomic E-state index is 0.0372. The molecule has 84 valence electrons. The zero-order chi connectivity index (χ0) is 11.5. The van der Waals surface area contributed by atoms with E-state index in [0.717, 1.165) is 17.1 Å². The molecular formula is C13H15NOS. The molecule has 16 heavy (non-hydrogen) atoms. The second kappa shape index (κ2) is 4.74. The van der Waals surface area contributed by atoms with E-state index < -0.39 is 0 Å². The van der Waals surface area contributed by atoms with Gasteiger partial charge in [0, 0.05) is 19.3 Å². The topological polar surface area (TPSA) is 20.3 Å². The van der Waals surface area contributed by atoms with Crippen molar-refractivity contribution in [3.8, 4) is 0 Å². The average Bonchev–Trinajstić information content (AvgIpc) is 2.59. The highest BCUT2D eigenvalue weighted by atomic mass is 32.2. The van der Waals surface area contributed by atoms with Crippen LogP contribution in [0.4, 0.5) is 5.69 Å². The smallest absolute Gasteiger partial charge is 0.202 e. The van der Waals surface area contributed by atoms with E-state index in [2.05, 4.69) is 23.1 Å². The van der Waals surface area contributed by atoms with E-state index >= 15 is 0 Å². The number of rotatable bonds is 3. The Morgan fingerprint density at radius 2 is 2.00 bits per heavy atom. The van der Waals surface area contributed by atoms with Crippen LogP contribution in [0.2, 0.25) is 0 Å². The van der Waals surface area contributed by atoms with Crippen molar-refractivity contribution in [2.45, 2.75) is 6.92 Å². The molecule has 1 atom stereocenters. The molecule has 0 spiro atoms. The number of hydrogen-bond acceptors (Lipinski definition) is 3. The molecule has 2 rings (SSSR count). The predicted molar refractivity (Wildman–Crippen MR) is 69.6 cm³/mol. The Hall–Kier alpha value is -1.22. The third kappa shape index (κ3) is 2.47. The highest BCUT2D eigenvalue weighted by molar-refractivity contribution is 8.17. The summed E-state index contributed by atoms with van der Waals surface area (Å²) in [5, 5.41) is 0.264. The van der Waals surface area contributed by atoms with Crippen LogP contribution in [0.1, 0.15) is 6.92 Å². The van der Waals surface area contributed by atoms with Crippen molar-refractivity contribution in [1.82, 2.24) is 0 Å². The van der Waals surface area contributed by atoms with Gasteiger partial charge < -0.3 is 4.90 Å². The van der Waals surface area contributed by atoms with Gasteiger partial charge >= 0.3 is 0 Å². The van der Waals surface area contributed by atoms with Crippen LogP contribution in [0.3, 0.4) is 0 Å². The summed E-state index contributed by atoms with van der Waals surface area (Å²) in [6, 6.07) is 10.1. The van der Waals surface area contributed by atoms with Crippen LogP contribution < -0.4 is 4.90 Å². The van der Waals surface area contributed by atoms with Gasteiger partial charge in [-0.1, -0.05) is 36.0 Å². The Balaban J connectivity index is 2.03. The summed E-state index contributed by atoms with van der Waals surface area (Å²) < 4.78 is 0. The largest absolute Gasteiger partial charge is 0.374 e. The van der Waals surface area contributed by atoms with Gasteiger partial charge in [0.2, 0.25) is 5.12 Å². The summed E-state index contributed by atoms with van der Waals surface area (Å²) in [7, 11) is 2.02. The van der Waals surface area contributed by atoms with Crippen LogP contribution in [0.25, 0.3) is 0 Å². The van der Waals surface area contributed by atoms with Crippen molar-refractivity contribution in [3.05, 3.63) is 41.3 Å². The summed E-state index contributed by atoms with van der Waals surface area (Å²) in [6.45, 7) is 2.75. The second-order valence-corrected chi connectivity index (χ2v) is 5.27. The van der Waals surface area contributed by atoms with E-state index in [1.54, 1.807) is 0 Å². The van der Waals surface area contributed by atoms with Crippen LogP contribution in [0.15, 0.2) is 41.3 Å². The molecule has 3 heteroatoms. The van der Waals surface area contributed by atoms with Crippen molar-refractivity contribution in [3.63, 3.8) is 0 Å². The lowest BCUT2D eigenvalue weighted by atomic mass is 10.1. The number of anilines is 1. The molecule has 1 aliphatic rings. The molecule has 2 nitrogen and oxygen atoms in total. The van der Waals surface area contributed by atoms with Crippen molar-refractivity contribution < 1.29 is 4.79 Å². The van der Waals surface area contributed by atoms with E-state index in [9.17, 15) is 4.79 Å². The van der Waals surface area contributed by atoms with Gasteiger partial charge in [0.15, 0.2) is 0 Å². The molecule has 0 aliphatic carbocycles. The molecule has 0 amide bonds. The molecule has 0 N–H and O–H groups in total. The summed E-state index contributed by atoms with van der Waals surface area (Å²) >= 11 is 1.36. The number of benzene rings is 1. The van der Waals surface area contributed by atoms with Gasteiger partial charge in [-0.3, -0.25) is 4.79 Å². The quantitative estimate of drug-likeness (QED) is 0.800. The first-order chi connectivity index (χ1) is 7.66. The first kappa shape index (κ1) is 11.3. The van der Waals surface area contributed by atoms with Gasteiger partial charge in [-0.15, -0.1) is 0 Å². The Bertz CT molecular complexity index is 413. The predicted octanol–water partition coefficient (Wildman–Crippen LogP) is 2.92. The summed E-state index contributed by atoms with van der Waals surface area (Å²) in [5.41, 5.74) is 1.15. The fourth-order valence-electron chi connectivity index (χ4n) is 1.83. The molecule has 1 aromatic carbocycles. The Morgan fingerprint density at radius 1 is 1.31 bits per heavy atom. The van der Waals surface area contributed by atoms with E-state index in [0.29, 0.717) is 0 Å². The van der Waals surface area contributed by atoms with Gasteiger partial charge in [-0.05, 0) is 24.0 Å². The van der Waals surface area contributed by atoms with E-state index in [1.165, 1.54) is 11.8 Å². The molecular weight excluding hydrogens is 218 g/mol. The van der Waals surface area contributed by atoms with E-state index in [1.807, 2.05) is 32.2 Å². The normalized spacial score (nSPS) is 19.8. The summed E-state index contributed by atoms with van der Waals surface area (Å²) in [4.78, 5) is 14.9. The maximum absolute atomic E-state index is 11.6. The monoisotopic (exact) mass is 233 g/mol. The molecule has 1 aromatic rings. The molecule has 0 bridgehead atoms. The Morgan fingerprint density at radius 3 is 2.56 bits per heavy atom. The van der Waals surface area contributed by atoms with Crippen molar-refractivity contribution in [2.75, 3.05) is 18.5 Å². The molecule has 0 aromatic heterocycles. The maximum Gasteiger partial charge on any atom is 0.202 e. The summed E-state index contributed by atoms with van der Waals surface area (Å²) in [6.07, 6.45) is 2.06. The first-order valence-electron chi connectivity index (χ1n) is 5.33. The van der Waals surface area contributed by atoms with Crippen LogP contribution in [-0.4, -0.2) is 18.7 Å². The second-order valence-electron chi connectivity index (χ2n) is 4.02. The van der Waals surface area contributed by atoms with E-state index in [-0.39, 0.29) is 11.0 Å². The Labute approximate surface area is 100 Å². The number of nitrogens with zero attached hydrogens (tertiary/aromatic N) is 1. The van der Waals surface area contributed by atoms with Gasteiger partial charge in [-0.2, -0.15) is 0 Å². The zero-order valence-electron chi connectivity index (χ0n) is 9.51. The number of thioether (sulfide) groups is 1. The minimum atomic E-state index is 0.0372. The van der Waals surface area contributed by atoms with Gasteiger partial charge in [0.1, 0.15) is 0 Å². The average molecular weight is 233 g/mol. The van der Waals surface area contributed by atoms with Crippen molar-refractivity contribution in [1.29, 1.82) is 0 Å². The number of para-hydroxylation sites is 1. The third-order valence-electron chi connectivity index (χ3n) is 2.67. The minimum Gasteiger partial charge on any atom is -0.374 e. The van der Waals surface area contributed by atoms with Crippen LogP contribution in [-0.2, 0) is 4.79 Å². The molecule has 0 fully saturated rings. The van der Waals surface area contributed by atoms with Gasteiger partial charge in [0.05, 0.1) is 5.92 Å². The SMILES string of the molecule is CC1=CC(CN(C)c2ccccc2)C(=O)S1. The lowest BCUT2D eigenvalue weighted by molar-refractivity contribution is -0.112. The fourth-order valence-corrected chi connectivity index (χ4v) is 2.67. The highest BCUT2D eigenvalue weighted by Gasteiger charge is 2.24.